The van der Waals surface area contributed by atoms with Crippen LogP contribution in [0.15, 0.2) is 18.2 Å². The minimum atomic E-state index is -0.407. The number of ether oxygens (including phenoxy) is 1. The predicted molar refractivity (Wildman–Crippen MR) is 121 cm³/mol. The van der Waals surface area contributed by atoms with Crippen LogP contribution in [-0.4, -0.2) is 44.1 Å². The summed E-state index contributed by atoms with van der Waals surface area (Å²) >= 11 is 6.34. The summed E-state index contributed by atoms with van der Waals surface area (Å²) in [4.78, 5) is 19.8. The van der Waals surface area contributed by atoms with Gasteiger partial charge in [0.25, 0.3) is 5.91 Å². The van der Waals surface area contributed by atoms with Gasteiger partial charge in [0.15, 0.2) is 5.65 Å². The van der Waals surface area contributed by atoms with Crippen molar-refractivity contribution in [2.45, 2.75) is 58.3 Å². The number of nitrogens with one attached hydrogen (secondary N) is 1. The van der Waals surface area contributed by atoms with Gasteiger partial charge in [-0.05, 0) is 45.2 Å². The number of amides is 1. The second-order valence-electron chi connectivity index (χ2n) is 9.39. The van der Waals surface area contributed by atoms with Gasteiger partial charge in [0.05, 0.1) is 40.8 Å². The van der Waals surface area contributed by atoms with E-state index in [1.54, 1.807) is 9.42 Å². The summed E-state index contributed by atoms with van der Waals surface area (Å²) in [6, 6.07) is 4.62. The van der Waals surface area contributed by atoms with Crippen LogP contribution >= 0.6 is 11.6 Å². The highest BCUT2D eigenvalue weighted by Crippen LogP contribution is 2.35. The molecule has 7 rings (SSSR count). The highest BCUT2D eigenvalue weighted by Gasteiger charge is 2.38. The van der Waals surface area contributed by atoms with Crippen LogP contribution in [-0.2, 0) is 13.1 Å². The number of aryl methyl sites for hydroxylation is 2. The van der Waals surface area contributed by atoms with Gasteiger partial charge in [-0.25, -0.2) is 13.9 Å². The molecule has 1 saturated carbocycles. The van der Waals surface area contributed by atoms with Crippen LogP contribution in [0, 0.1) is 25.6 Å². The number of carbonyl (C=O) groups is 1. The zero-order valence-electron chi connectivity index (χ0n) is 18.6. The SMILES string of the molecule is Cc1nc2c3c(nn2c(C)c1Cl)CN(C(=O)c1ccc(F)cc1O[C@H]1C[C@H]2CC[C@@H]1CN2)C3. The Hall–Kier alpha value is -2.71. The number of piperidine rings is 2. The number of hydrogen-bond donors (Lipinski definition) is 1. The largest absolute Gasteiger partial charge is 0.489 e. The summed E-state index contributed by atoms with van der Waals surface area (Å²) in [7, 11) is 0. The summed E-state index contributed by atoms with van der Waals surface area (Å²) in [5, 5.41) is 8.76. The highest BCUT2D eigenvalue weighted by molar-refractivity contribution is 6.31. The van der Waals surface area contributed by atoms with Crippen LogP contribution in [0.5, 0.6) is 5.75 Å². The van der Waals surface area contributed by atoms with Gasteiger partial charge in [0, 0.05) is 30.1 Å². The van der Waals surface area contributed by atoms with Crippen molar-refractivity contribution in [3.63, 3.8) is 0 Å². The summed E-state index contributed by atoms with van der Waals surface area (Å²) in [5.41, 5.74) is 4.40. The van der Waals surface area contributed by atoms with Crippen molar-refractivity contribution in [1.29, 1.82) is 0 Å². The lowest BCUT2D eigenvalue weighted by Crippen LogP contribution is -2.53. The van der Waals surface area contributed by atoms with E-state index in [9.17, 15) is 9.18 Å². The van der Waals surface area contributed by atoms with E-state index >= 15 is 0 Å². The molecule has 172 valence electrons. The Morgan fingerprint density at radius 2 is 2.12 bits per heavy atom. The normalized spacial score (nSPS) is 23.9. The van der Waals surface area contributed by atoms with Crippen molar-refractivity contribution in [1.82, 2.24) is 24.8 Å². The first-order chi connectivity index (χ1) is 15.9. The summed E-state index contributed by atoms with van der Waals surface area (Å²) in [5.74, 6) is 0.112. The van der Waals surface area contributed by atoms with Crippen LogP contribution < -0.4 is 10.1 Å². The van der Waals surface area contributed by atoms with Crippen LogP contribution in [0.1, 0.15) is 52.3 Å². The Kier molecular flexibility index (Phi) is 4.85. The topological polar surface area (TPSA) is 71.8 Å². The van der Waals surface area contributed by atoms with Gasteiger partial charge in [-0.15, -0.1) is 0 Å². The summed E-state index contributed by atoms with van der Waals surface area (Å²) < 4.78 is 22.2. The lowest BCUT2D eigenvalue weighted by Gasteiger charge is -2.43. The Labute approximate surface area is 195 Å². The lowest BCUT2D eigenvalue weighted by molar-refractivity contribution is 0.0397. The average Bonchev–Trinajstić information content (AvgIpc) is 3.37. The number of benzene rings is 1. The number of rotatable bonds is 3. The lowest BCUT2D eigenvalue weighted by atomic mass is 9.79. The van der Waals surface area contributed by atoms with Crippen molar-refractivity contribution >= 4 is 23.2 Å². The number of nitrogens with zero attached hydrogens (tertiary/aromatic N) is 4. The highest BCUT2D eigenvalue weighted by atomic mass is 35.5. The molecular formula is C24H25ClFN5O2. The Bertz CT molecular complexity index is 1280. The van der Waals surface area contributed by atoms with Crippen molar-refractivity contribution in [3.05, 3.63) is 57.2 Å². The first-order valence-corrected chi connectivity index (χ1v) is 11.8. The minimum absolute atomic E-state index is 0.00163. The monoisotopic (exact) mass is 469 g/mol. The Morgan fingerprint density at radius 3 is 2.85 bits per heavy atom. The van der Waals surface area contributed by atoms with Gasteiger partial charge < -0.3 is 15.0 Å². The fraction of sp³-hybridized carbons (Fsp3) is 0.458. The van der Waals surface area contributed by atoms with Gasteiger partial charge in [-0.3, -0.25) is 4.79 Å². The third-order valence-electron chi connectivity index (χ3n) is 7.29. The maximum atomic E-state index is 14.1. The number of aromatic nitrogens is 3. The van der Waals surface area contributed by atoms with Crippen LogP contribution in [0.3, 0.4) is 0 Å². The van der Waals surface area contributed by atoms with Gasteiger partial charge in [0.2, 0.25) is 0 Å². The van der Waals surface area contributed by atoms with Crippen LogP contribution in [0.2, 0.25) is 5.02 Å². The molecule has 3 fully saturated rings. The van der Waals surface area contributed by atoms with Crippen LogP contribution in [0.25, 0.3) is 5.65 Å². The molecule has 3 atom stereocenters. The zero-order valence-corrected chi connectivity index (χ0v) is 19.3. The van der Waals surface area contributed by atoms with Crippen molar-refractivity contribution in [3.8, 4) is 5.75 Å². The van der Waals surface area contributed by atoms with Gasteiger partial charge in [-0.2, -0.15) is 5.10 Å². The second-order valence-corrected chi connectivity index (χ2v) is 9.77. The molecule has 0 spiro atoms. The third kappa shape index (κ3) is 3.38. The van der Waals surface area contributed by atoms with Crippen LogP contribution in [0.4, 0.5) is 4.39 Å². The molecule has 33 heavy (non-hydrogen) atoms. The van der Waals surface area contributed by atoms with E-state index in [4.69, 9.17) is 16.3 Å². The molecule has 1 amide bonds. The van der Waals surface area contributed by atoms with E-state index in [1.165, 1.54) is 18.2 Å². The van der Waals surface area contributed by atoms with E-state index in [0.29, 0.717) is 41.4 Å². The van der Waals surface area contributed by atoms with Gasteiger partial charge in [0.1, 0.15) is 17.7 Å². The first kappa shape index (κ1) is 20.9. The maximum absolute atomic E-state index is 14.1. The molecule has 0 radical (unpaired) electrons. The summed E-state index contributed by atoms with van der Waals surface area (Å²) in [6.07, 6.45) is 3.12. The fourth-order valence-electron chi connectivity index (χ4n) is 5.43. The number of hydrogen-bond acceptors (Lipinski definition) is 5. The molecule has 7 nitrogen and oxygen atoms in total. The van der Waals surface area contributed by atoms with Gasteiger partial charge >= 0.3 is 0 Å². The fourth-order valence-corrected chi connectivity index (χ4v) is 5.56. The van der Waals surface area contributed by atoms with Gasteiger partial charge in [-0.1, -0.05) is 11.6 Å². The maximum Gasteiger partial charge on any atom is 0.258 e. The third-order valence-corrected chi connectivity index (χ3v) is 7.84. The molecule has 0 unspecified atom stereocenters. The standard InChI is InChI=1S/C24H25ClFN5O2/c1-12-22(25)13(2)31-23(28-12)18-10-30(11-19(18)29-31)24(32)17-6-4-15(26)7-21(17)33-20-8-16-5-3-14(20)9-27-16/h4,6-7,14,16,20,27H,3,5,8-11H2,1-2H3/t14-,16-,20+/m1/s1. The number of fused-ring (bicyclic) bond motifs is 6. The molecule has 2 bridgehead atoms. The van der Waals surface area contributed by atoms with E-state index in [1.807, 2.05) is 13.8 Å². The average molecular weight is 470 g/mol. The molecule has 2 aromatic heterocycles. The van der Waals surface area contributed by atoms with Crippen molar-refractivity contribution < 1.29 is 13.9 Å². The van der Waals surface area contributed by atoms with Crippen molar-refractivity contribution in [2.24, 2.45) is 5.92 Å². The summed E-state index contributed by atoms with van der Waals surface area (Å²) in [6.45, 7) is 5.43. The molecule has 4 aliphatic rings. The number of carbonyl (C=O) groups excluding carboxylic acids is 1. The molecule has 3 aromatic rings. The van der Waals surface area contributed by atoms with Crippen molar-refractivity contribution in [2.75, 3.05) is 6.54 Å². The van der Waals surface area contributed by atoms with E-state index in [-0.39, 0.29) is 12.0 Å². The molecule has 1 aliphatic carbocycles. The molecule has 1 aromatic carbocycles. The zero-order chi connectivity index (χ0) is 22.9. The quantitative estimate of drug-likeness (QED) is 0.631. The second kappa shape index (κ2) is 7.67. The minimum Gasteiger partial charge on any atom is -0.489 e. The smallest absolute Gasteiger partial charge is 0.258 e. The Morgan fingerprint density at radius 1 is 1.27 bits per heavy atom. The predicted octanol–water partition coefficient (Wildman–Crippen LogP) is 3.81. The molecule has 3 aliphatic heterocycles. The molecule has 9 heteroatoms. The Balaban J connectivity index is 1.28. The first-order valence-electron chi connectivity index (χ1n) is 11.4. The molecule has 1 N–H and O–H groups in total. The molecule has 2 saturated heterocycles. The molecule has 5 heterocycles. The number of halogens is 2. The van der Waals surface area contributed by atoms with E-state index < -0.39 is 5.82 Å². The molecular weight excluding hydrogens is 445 g/mol. The van der Waals surface area contributed by atoms with E-state index in [0.717, 1.165) is 54.1 Å². The van der Waals surface area contributed by atoms with E-state index in [2.05, 4.69) is 15.4 Å².